The molecule has 134 valence electrons. The summed E-state index contributed by atoms with van der Waals surface area (Å²) in [6.45, 7) is 1.64. The minimum atomic E-state index is -4.90. The Morgan fingerprint density at radius 3 is 2.77 bits per heavy atom. The monoisotopic (exact) mass is 383 g/mol. The van der Waals surface area contributed by atoms with E-state index < -0.39 is 29.3 Å². The molecule has 3 heterocycles. The molecule has 0 atom stereocenters. The Labute approximate surface area is 145 Å². The molecule has 11 heteroatoms. The van der Waals surface area contributed by atoms with Crippen molar-refractivity contribution in [1.29, 1.82) is 0 Å². The molecule has 0 fully saturated rings. The minimum absolute atomic E-state index is 0.0853. The highest BCUT2D eigenvalue weighted by Gasteiger charge is 2.41. The Morgan fingerprint density at radius 1 is 1.38 bits per heavy atom. The molecule has 26 heavy (non-hydrogen) atoms. The van der Waals surface area contributed by atoms with E-state index in [-0.39, 0.29) is 16.2 Å². The number of aromatic amines is 1. The van der Waals surface area contributed by atoms with Crippen molar-refractivity contribution < 1.29 is 27.5 Å². The number of fused-ring (bicyclic) bond motifs is 2. The second kappa shape index (κ2) is 5.21. The Kier molecular flexibility index (Phi) is 3.28. The average Bonchev–Trinajstić information content (AvgIpc) is 3.14. The molecule has 0 amide bonds. The van der Waals surface area contributed by atoms with E-state index in [1.165, 1.54) is 12.1 Å². The first kappa shape index (κ1) is 16.4. The van der Waals surface area contributed by atoms with Crippen LogP contribution in [0.25, 0.3) is 27.3 Å². The van der Waals surface area contributed by atoms with Crippen molar-refractivity contribution in [3.63, 3.8) is 0 Å². The van der Waals surface area contributed by atoms with Gasteiger partial charge in [0.05, 0.1) is 11.2 Å². The lowest BCUT2D eigenvalue weighted by Crippen LogP contribution is -2.14. The zero-order valence-corrected chi connectivity index (χ0v) is 13.7. The molecule has 2 N–H and O–H groups in total. The Morgan fingerprint density at radius 2 is 2.12 bits per heavy atom. The number of aromatic nitrogens is 3. The topological polar surface area (TPSA) is 101 Å². The maximum atomic E-state index is 13.2. The third-order valence-electron chi connectivity index (χ3n) is 3.81. The van der Waals surface area contributed by atoms with Crippen LogP contribution in [0.5, 0.6) is 0 Å². The van der Waals surface area contributed by atoms with Crippen molar-refractivity contribution in [1.82, 2.24) is 14.4 Å². The normalized spacial score (nSPS) is 12.3. The average molecular weight is 383 g/mol. The van der Waals surface area contributed by atoms with Crippen LogP contribution >= 0.6 is 11.3 Å². The molecule has 0 bridgehead atoms. The van der Waals surface area contributed by atoms with Gasteiger partial charge in [-0.2, -0.15) is 13.2 Å². The van der Waals surface area contributed by atoms with Gasteiger partial charge in [-0.05, 0) is 19.1 Å². The molecule has 0 unspecified atom stereocenters. The van der Waals surface area contributed by atoms with Gasteiger partial charge in [0.15, 0.2) is 21.9 Å². The van der Waals surface area contributed by atoms with E-state index in [1.54, 1.807) is 13.0 Å². The molecule has 7 nitrogen and oxygen atoms in total. The van der Waals surface area contributed by atoms with Crippen LogP contribution in [0, 0.1) is 6.92 Å². The Balaban J connectivity index is 2.08. The number of H-pyrrole nitrogens is 1. The van der Waals surface area contributed by atoms with Crippen LogP contribution in [-0.4, -0.2) is 25.4 Å². The van der Waals surface area contributed by atoms with Crippen molar-refractivity contribution in [3.05, 3.63) is 45.0 Å². The fourth-order valence-electron chi connectivity index (χ4n) is 2.84. The number of carboxylic acid groups (broad SMARTS) is 1. The number of nitrogens with zero attached hydrogens (tertiary/aromatic N) is 2. The highest BCUT2D eigenvalue weighted by Crippen LogP contribution is 2.39. The van der Waals surface area contributed by atoms with Crippen LogP contribution in [0.1, 0.15) is 21.1 Å². The molecule has 0 saturated heterocycles. The van der Waals surface area contributed by atoms with Gasteiger partial charge in [-0.25, -0.2) is 14.6 Å². The number of nitrogens with one attached hydrogen (secondary N) is 1. The predicted molar refractivity (Wildman–Crippen MR) is 85.6 cm³/mol. The number of carboxylic acids is 1. The summed E-state index contributed by atoms with van der Waals surface area (Å²) >= 11 is 0.941. The zero-order valence-electron chi connectivity index (χ0n) is 12.8. The number of carbonyl (C=O) groups is 1. The number of aromatic carboxylic acids is 1. The summed E-state index contributed by atoms with van der Waals surface area (Å²) in [6, 6.07) is 4.54. The van der Waals surface area contributed by atoms with E-state index in [4.69, 9.17) is 4.42 Å². The molecule has 0 aliphatic heterocycles. The van der Waals surface area contributed by atoms with E-state index in [1.807, 2.05) is 0 Å². The smallest absolute Gasteiger partial charge is 0.435 e. The first-order chi connectivity index (χ1) is 12.2. The highest BCUT2D eigenvalue weighted by molar-refractivity contribution is 7.17. The van der Waals surface area contributed by atoms with Gasteiger partial charge in [0.25, 0.3) is 0 Å². The molecular weight excluding hydrogens is 375 g/mol. The van der Waals surface area contributed by atoms with Crippen molar-refractivity contribution in [2.45, 2.75) is 13.1 Å². The molecule has 0 saturated carbocycles. The molecule has 0 aliphatic rings. The largest absolute Gasteiger partial charge is 0.476 e. The second-order valence-corrected chi connectivity index (χ2v) is 6.64. The number of rotatable bonds is 2. The Bertz CT molecular complexity index is 1240. The fourth-order valence-corrected chi connectivity index (χ4v) is 3.83. The molecule has 0 radical (unpaired) electrons. The number of oxazole rings is 1. The zero-order chi connectivity index (χ0) is 18.8. The Hall–Kier alpha value is -3.08. The number of hydrogen-bond acceptors (Lipinski definition) is 5. The van der Waals surface area contributed by atoms with E-state index >= 15 is 0 Å². The third kappa shape index (κ3) is 2.31. The second-order valence-electron chi connectivity index (χ2n) is 5.46. The lowest BCUT2D eigenvalue weighted by Gasteiger charge is -2.07. The number of alkyl halides is 3. The van der Waals surface area contributed by atoms with Crippen LogP contribution in [-0.2, 0) is 6.18 Å². The lowest BCUT2D eigenvalue weighted by atomic mass is 10.1. The molecule has 4 aromatic rings. The van der Waals surface area contributed by atoms with Gasteiger partial charge in [0.2, 0.25) is 0 Å². The number of benzene rings is 1. The molecule has 3 aromatic heterocycles. The predicted octanol–water partition coefficient (Wildman–Crippen LogP) is 3.52. The highest BCUT2D eigenvalue weighted by atomic mass is 32.1. The lowest BCUT2D eigenvalue weighted by molar-refractivity contribution is -0.141. The van der Waals surface area contributed by atoms with Crippen LogP contribution in [0.2, 0.25) is 0 Å². The molecule has 0 aliphatic carbocycles. The van der Waals surface area contributed by atoms with E-state index in [0.717, 1.165) is 15.7 Å². The van der Waals surface area contributed by atoms with E-state index in [0.29, 0.717) is 16.0 Å². The van der Waals surface area contributed by atoms with Crippen LogP contribution in [0.15, 0.2) is 27.4 Å². The van der Waals surface area contributed by atoms with Crippen LogP contribution in [0.4, 0.5) is 13.2 Å². The first-order valence-corrected chi connectivity index (χ1v) is 7.94. The molecule has 1 aromatic carbocycles. The van der Waals surface area contributed by atoms with Crippen molar-refractivity contribution in [3.8, 4) is 11.3 Å². The SMILES string of the molecule is Cc1sc2nc(C(F)(F)F)c(C(=O)O)n2c1-c1ccc2[nH]c(=O)oc2c1. The van der Waals surface area contributed by atoms with Crippen LogP contribution < -0.4 is 5.76 Å². The minimum Gasteiger partial charge on any atom is -0.476 e. The molecule has 0 spiro atoms. The summed E-state index contributed by atoms with van der Waals surface area (Å²) in [6.07, 6.45) is -4.90. The number of imidazole rings is 1. The third-order valence-corrected chi connectivity index (χ3v) is 4.77. The fraction of sp³-hybridized carbons (Fsp3) is 0.133. The van der Waals surface area contributed by atoms with Gasteiger partial charge in [0.1, 0.15) is 0 Å². The van der Waals surface area contributed by atoms with E-state index in [2.05, 4.69) is 9.97 Å². The van der Waals surface area contributed by atoms with Crippen LogP contribution in [0.3, 0.4) is 0 Å². The van der Waals surface area contributed by atoms with Crippen molar-refractivity contribution in [2.24, 2.45) is 0 Å². The summed E-state index contributed by atoms with van der Waals surface area (Å²) < 4.78 is 45.5. The van der Waals surface area contributed by atoms with Gasteiger partial charge in [-0.15, -0.1) is 11.3 Å². The molecule has 4 rings (SSSR count). The quantitative estimate of drug-likeness (QED) is 0.552. The first-order valence-electron chi connectivity index (χ1n) is 7.12. The van der Waals surface area contributed by atoms with Crippen molar-refractivity contribution >= 4 is 33.4 Å². The van der Waals surface area contributed by atoms with E-state index in [9.17, 15) is 27.9 Å². The van der Waals surface area contributed by atoms with Gasteiger partial charge in [0, 0.05) is 10.4 Å². The number of hydrogen-bond donors (Lipinski definition) is 2. The summed E-state index contributed by atoms with van der Waals surface area (Å²) in [5, 5.41) is 9.35. The number of halogens is 3. The van der Waals surface area contributed by atoms with Gasteiger partial charge in [-0.1, -0.05) is 6.07 Å². The van der Waals surface area contributed by atoms with Gasteiger partial charge >= 0.3 is 17.9 Å². The maximum Gasteiger partial charge on any atom is 0.435 e. The summed E-state index contributed by atoms with van der Waals surface area (Å²) in [5.41, 5.74) is -1.13. The maximum absolute atomic E-state index is 13.2. The summed E-state index contributed by atoms with van der Waals surface area (Å²) in [5.74, 6) is -2.41. The number of aryl methyl sites for hydroxylation is 1. The standard InChI is InChI=1S/C15H8F3N3O4S/c1-5-9(6-2-3-7-8(4-6)25-14(24)19-7)21-10(12(22)23)11(15(16,17)18)20-13(21)26-5/h2-4H,1H3,(H,19,24)(H,22,23). The van der Waals surface area contributed by atoms with Crippen molar-refractivity contribution in [2.75, 3.05) is 0 Å². The van der Waals surface area contributed by atoms with Gasteiger partial charge in [-0.3, -0.25) is 9.38 Å². The van der Waals surface area contributed by atoms with Gasteiger partial charge < -0.3 is 9.52 Å². The summed E-state index contributed by atoms with van der Waals surface area (Å²) in [7, 11) is 0. The summed E-state index contributed by atoms with van der Waals surface area (Å²) in [4.78, 5) is 29.2. The molecular formula is C15H8F3N3O4S. The number of thiazole rings is 1.